The number of carbonyl (C=O) groups is 5. The number of primary amides is 1. The Balaban J connectivity index is -0.000000240. The summed E-state index contributed by atoms with van der Waals surface area (Å²) in [5.74, 6) is -0.00933. The second-order valence-corrected chi connectivity index (χ2v) is 8.46. The molecule has 0 bridgehead atoms. The van der Waals surface area contributed by atoms with Crippen molar-refractivity contribution in [2.24, 2.45) is 11.5 Å². The summed E-state index contributed by atoms with van der Waals surface area (Å²) in [7, 11) is 1.71. The van der Waals surface area contributed by atoms with Crippen LogP contribution in [0.25, 0.3) is 5.32 Å². The van der Waals surface area contributed by atoms with Crippen LogP contribution >= 0.6 is 11.8 Å². The number of carbonyl (C=O) groups excluding carboxylic acids is 5. The number of rotatable bonds is 16. The maximum Gasteiger partial charge on any atom is 2.00 e. The van der Waals surface area contributed by atoms with Gasteiger partial charge in [0.25, 0.3) is 0 Å². The summed E-state index contributed by atoms with van der Waals surface area (Å²) >= 11 is 1.45. The van der Waals surface area contributed by atoms with Crippen molar-refractivity contribution in [1.82, 2.24) is 16.0 Å². The smallest absolute Gasteiger partial charge is 0.656 e. The second kappa shape index (κ2) is 31.0. The van der Waals surface area contributed by atoms with Crippen molar-refractivity contribution in [2.45, 2.75) is 51.6 Å². The van der Waals surface area contributed by atoms with Crippen molar-refractivity contribution < 1.29 is 46.4 Å². The zero-order valence-electron chi connectivity index (χ0n) is 22.9. The first-order valence-corrected chi connectivity index (χ1v) is 12.7. The van der Waals surface area contributed by atoms with Crippen molar-refractivity contribution in [3.8, 4) is 0 Å². The molecule has 4 amide bonds. The van der Waals surface area contributed by atoms with Crippen LogP contribution in [0.2, 0.25) is 0 Å². The first-order chi connectivity index (χ1) is 17.2. The fourth-order valence-electron chi connectivity index (χ4n) is 2.34. The minimum Gasteiger partial charge on any atom is -0.656 e. The van der Waals surface area contributed by atoms with Crippen LogP contribution in [0, 0.1) is 14.4 Å². The molecule has 1 aromatic rings. The zero-order chi connectivity index (χ0) is 27.6. The minimum absolute atomic E-state index is 0. The van der Waals surface area contributed by atoms with E-state index in [-0.39, 0.29) is 35.7 Å². The van der Waals surface area contributed by atoms with Gasteiger partial charge in [-0.05, 0) is 39.7 Å². The van der Waals surface area contributed by atoms with E-state index < -0.39 is 23.9 Å². The predicted molar refractivity (Wildman–Crippen MR) is 151 cm³/mol. The number of nitrogens with zero attached hydrogens (tertiary/aromatic N) is 1. The molecule has 0 aliphatic carbocycles. The van der Waals surface area contributed by atoms with Crippen LogP contribution in [-0.4, -0.2) is 74.3 Å². The fourth-order valence-corrected chi connectivity index (χ4v) is 2.90. The number of hydrogen-bond donors (Lipinski definition) is 5. The summed E-state index contributed by atoms with van der Waals surface area (Å²) in [5, 5.41) is 11.2. The van der Waals surface area contributed by atoms with Crippen molar-refractivity contribution in [2.75, 3.05) is 31.8 Å². The minimum atomic E-state index is -0.718. The standard InChI is InChI=1S/C10H20N4O3.C7H13N2O2S.C7H8.CH3.Nb/c1-7(13-6-15)10(17)14-8(9(12)16)4-2-3-5-11;1-8-6-12-5-7(11)9-3-2-4-10;1-7-5-3-2-4-6-7;;/h6-8H,2-5,11H2,1H3,(H2,12,16)(H,13,15)(H,14,17);4H,2-3,5-6H2,1H3,(H,9,11);2-6H,1H3;1H3;/q;-1;;-1;+2/t7-,8?;;;;/m0..../s1. The van der Waals surface area contributed by atoms with Gasteiger partial charge in [0.15, 0.2) is 0 Å². The number of aldehydes is 1. The number of thioether (sulfide) groups is 1. The summed E-state index contributed by atoms with van der Waals surface area (Å²) in [4.78, 5) is 53.5. The van der Waals surface area contributed by atoms with E-state index in [4.69, 9.17) is 11.5 Å². The van der Waals surface area contributed by atoms with E-state index in [1.54, 1.807) is 7.05 Å². The largest absolute Gasteiger partial charge is 2.00 e. The number of hydrogen-bond acceptors (Lipinski definition) is 7. The van der Waals surface area contributed by atoms with Crippen LogP contribution < -0.4 is 27.4 Å². The van der Waals surface area contributed by atoms with Gasteiger partial charge in [-0.2, -0.15) is 18.8 Å². The molecule has 13 heteroatoms. The SMILES string of the molecule is C[C@H](NC=O)C(=O)NC(CCCCN)C(N)=O.C[N-]CSCC(=O)NCCC=O.Cc1ccccc1.[CH3-].[Nb+2]. The summed E-state index contributed by atoms with van der Waals surface area (Å²) in [6.45, 7) is 4.57. The number of aryl methyl sites for hydroxylation is 1. The van der Waals surface area contributed by atoms with Crippen LogP contribution in [0.3, 0.4) is 0 Å². The number of benzene rings is 1. The molecule has 0 saturated heterocycles. The molecule has 1 unspecified atom stereocenters. The molecule has 0 fully saturated rings. The Morgan fingerprint density at radius 1 is 1.13 bits per heavy atom. The Bertz CT molecular complexity index is 746. The summed E-state index contributed by atoms with van der Waals surface area (Å²) in [5.41, 5.74) is 11.8. The average molecular weight is 634 g/mol. The second-order valence-electron chi connectivity index (χ2n) is 7.51. The third kappa shape index (κ3) is 28.4. The molecule has 1 aromatic carbocycles. The van der Waals surface area contributed by atoms with Crippen molar-refractivity contribution in [3.63, 3.8) is 0 Å². The van der Waals surface area contributed by atoms with Crippen molar-refractivity contribution in [3.05, 3.63) is 48.6 Å². The van der Waals surface area contributed by atoms with Gasteiger partial charge in [0.2, 0.25) is 24.1 Å². The van der Waals surface area contributed by atoms with Gasteiger partial charge in [0.05, 0.1) is 5.75 Å². The number of amides is 4. The van der Waals surface area contributed by atoms with E-state index in [2.05, 4.69) is 40.3 Å². The van der Waals surface area contributed by atoms with Crippen LogP contribution in [0.4, 0.5) is 0 Å². The molecule has 0 heterocycles. The first kappa shape index (κ1) is 42.9. The maximum absolute atomic E-state index is 11.5. The predicted octanol–water partition coefficient (Wildman–Crippen LogP) is 1.05. The molecular formula is C25H44N6NbO5S. The molecule has 1 radical (unpaired) electrons. The molecule has 1 rings (SSSR count). The molecule has 2 atom stereocenters. The molecular weight excluding hydrogens is 589 g/mol. The van der Waals surface area contributed by atoms with Gasteiger partial charge in [0, 0.05) is 13.0 Å². The van der Waals surface area contributed by atoms with Crippen molar-refractivity contribution >= 4 is 42.2 Å². The Kier molecular flexibility index (Phi) is 35.0. The van der Waals surface area contributed by atoms with Gasteiger partial charge < -0.3 is 45.0 Å². The van der Waals surface area contributed by atoms with Crippen molar-refractivity contribution in [1.29, 1.82) is 0 Å². The van der Waals surface area contributed by atoms with Crippen LogP contribution in [0.1, 0.15) is 38.2 Å². The molecule has 215 valence electrons. The first-order valence-electron chi connectivity index (χ1n) is 11.6. The van der Waals surface area contributed by atoms with Crippen LogP contribution in [-0.2, 0) is 46.4 Å². The number of nitrogens with two attached hydrogens (primary N) is 2. The average Bonchev–Trinajstić information content (AvgIpc) is 2.85. The quantitative estimate of drug-likeness (QED) is 0.0779. The molecule has 0 spiro atoms. The summed E-state index contributed by atoms with van der Waals surface area (Å²) in [6, 6.07) is 8.85. The van der Waals surface area contributed by atoms with E-state index in [0.29, 0.717) is 50.4 Å². The third-order valence-electron chi connectivity index (χ3n) is 4.30. The van der Waals surface area contributed by atoms with Gasteiger partial charge in [0.1, 0.15) is 18.4 Å². The summed E-state index contributed by atoms with van der Waals surface area (Å²) < 4.78 is 0. The van der Waals surface area contributed by atoms with E-state index in [9.17, 15) is 24.0 Å². The number of unbranched alkanes of at least 4 members (excludes halogenated alkanes) is 1. The zero-order valence-corrected chi connectivity index (χ0v) is 25.9. The summed E-state index contributed by atoms with van der Waals surface area (Å²) in [6.07, 6.45) is 3.52. The van der Waals surface area contributed by atoms with Gasteiger partial charge >= 0.3 is 22.4 Å². The molecule has 0 aliphatic heterocycles. The Labute approximate surface area is 247 Å². The van der Waals surface area contributed by atoms with E-state index in [1.807, 2.05) is 18.2 Å². The normalized spacial score (nSPS) is 10.6. The van der Waals surface area contributed by atoms with E-state index >= 15 is 0 Å². The molecule has 7 N–H and O–H groups in total. The van der Waals surface area contributed by atoms with Gasteiger partial charge in [-0.25, -0.2) is 0 Å². The Morgan fingerprint density at radius 2 is 1.76 bits per heavy atom. The molecule has 0 saturated carbocycles. The Hall–Kier alpha value is -2.22. The molecule has 0 aliphatic rings. The van der Waals surface area contributed by atoms with Crippen LogP contribution in [0.15, 0.2) is 30.3 Å². The molecule has 0 aromatic heterocycles. The molecule has 11 nitrogen and oxygen atoms in total. The number of nitrogens with one attached hydrogen (secondary N) is 3. The van der Waals surface area contributed by atoms with E-state index in [0.717, 1.165) is 12.7 Å². The van der Waals surface area contributed by atoms with Gasteiger partial charge in [-0.1, -0.05) is 41.8 Å². The molecule has 38 heavy (non-hydrogen) atoms. The maximum atomic E-state index is 11.5. The third-order valence-corrected chi connectivity index (χ3v) is 5.20. The van der Waals surface area contributed by atoms with Crippen LogP contribution in [0.5, 0.6) is 0 Å². The topological polar surface area (TPSA) is 188 Å². The Morgan fingerprint density at radius 3 is 2.21 bits per heavy atom. The fraction of sp³-hybridized carbons (Fsp3) is 0.520. The van der Waals surface area contributed by atoms with E-state index in [1.165, 1.54) is 24.2 Å². The van der Waals surface area contributed by atoms with Gasteiger partial charge in [-0.3, -0.25) is 19.2 Å². The monoisotopic (exact) mass is 633 g/mol. The van der Waals surface area contributed by atoms with Gasteiger partial charge in [-0.15, -0.1) is 0 Å².